The summed E-state index contributed by atoms with van der Waals surface area (Å²) in [5.41, 5.74) is 0.439. The maximum atomic E-state index is 12.3. The lowest BCUT2D eigenvalue weighted by Crippen LogP contribution is -2.52. The minimum atomic E-state index is -0.498. The fourth-order valence-electron chi connectivity index (χ4n) is 2.86. The van der Waals surface area contributed by atoms with Crippen LogP contribution in [-0.4, -0.2) is 59.4 Å². The molecule has 1 aromatic carbocycles. The molecule has 3 rings (SSSR count). The normalized spacial score (nSPS) is 18.7. The van der Waals surface area contributed by atoms with Crippen molar-refractivity contribution in [2.45, 2.75) is 39.2 Å². The van der Waals surface area contributed by atoms with Gasteiger partial charge >= 0.3 is 6.09 Å². The van der Waals surface area contributed by atoms with Gasteiger partial charge in [0, 0.05) is 37.7 Å². The number of benzene rings is 1. The number of ether oxygens (including phenoxy) is 1. The minimum absolute atomic E-state index is 0.0292. The van der Waals surface area contributed by atoms with Gasteiger partial charge < -0.3 is 14.5 Å². The van der Waals surface area contributed by atoms with Gasteiger partial charge in [-0.3, -0.25) is 4.79 Å². The number of rotatable bonds is 2. The monoisotopic (exact) mass is 357 g/mol. The molecular weight excluding hydrogens is 330 g/mol. The van der Waals surface area contributed by atoms with Gasteiger partial charge in [-0.05, 0) is 33.6 Å². The van der Waals surface area contributed by atoms with Crippen LogP contribution in [0.5, 0.6) is 0 Å². The smallest absolute Gasteiger partial charge is 0.410 e. The van der Waals surface area contributed by atoms with Crippen LogP contribution in [0.2, 0.25) is 0 Å². The van der Waals surface area contributed by atoms with E-state index in [1.165, 1.54) is 0 Å². The fourth-order valence-corrected chi connectivity index (χ4v) is 2.86. The predicted octanol–water partition coefficient (Wildman–Crippen LogP) is 2.92. The van der Waals surface area contributed by atoms with Crippen LogP contribution in [0.25, 0.3) is 0 Å². The van der Waals surface area contributed by atoms with E-state index in [2.05, 4.69) is 9.89 Å². The lowest BCUT2D eigenvalue weighted by Gasteiger charge is -2.37. The Kier molecular flexibility index (Phi) is 5.30. The number of aliphatic imine (C=N–C) groups is 1. The Labute approximate surface area is 154 Å². The van der Waals surface area contributed by atoms with Crippen molar-refractivity contribution in [3.63, 3.8) is 0 Å². The summed E-state index contributed by atoms with van der Waals surface area (Å²) in [7, 11) is 0. The van der Waals surface area contributed by atoms with Crippen molar-refractivity contribution in [1.29, 1.82) is 0 Å². The van der Waals surface area contributed by atoms with Gasteiger partial charge in [0.2, 0.25) is 0 Å². The van der Waals surface area contributed by atoms with Crippen LogP contribution in [0, 0.1) is 5.92 Å². The van der Waals surface area contributed by atoms with Gasteiger partial charge in [-0.15, -0.1) is 0 Å². The molecule has 0 N–H and O–H groups in total. The Balaban J connectivity index is 1.69. The topological polar surface area (TPSA) is 62.2 Å². The van der Waals surface area contributed by atoms with Crippen molar-refractivity contribution in [2.75, 3.05) is 26.2 Å². The zero-order valence-corrected chi connectivity index (χ0v) is 15.8. The summed E-state index contributed by atoms with van der Waals surface area (Å²) in [5, 5.41) is 0. The molecule has 0 unspecified atom stereocenters. The van der Waals surface area contributed by atoms with Crippen LogP contribution in [0.1, 0.15) is 39.2 Å². The first kappa shape index (κ1) is 18.4. The third kappa shape index (κ3) is 4.84. The van der Waals surface area contributed by atoms with Crippen molar-refractivity contribution in [3.05, 3.63) is 35.9 Å². The summed E-state index contributed by atoms with van der Waals surface area (Å²) in [4.78, 5) is 32.7. The first-order chi connectivity index (χ1) is 12.3. The second-order valence-corrected chi connectivity index (χ2v) is 7.87. The minimum Gasteiger partial charge on any atom is -0.444 e. The summed E-state index contributed by atoms with van der Waals surface area (Å²) in [6, 6.07) is 9.79. The van der Waals surface area contributed by atoms with Gasteiger partial charge in [0.15, 0.2) is 0 Å². The molecule has 6 heteroatoms. The standard InChI is InChI=1S/C20H27N3O3/c1-20(2,3)26-19(25)23-13-11-22(12-14-23)17(15-7-5-4-6-8-15)21-18(24)16-9-10-16/h4-8,16H,9-14H2,1-3H3/b21-17+. The van der Waals surface area contributed by atoms with E-state index in [0.717, 1.165) is 18.4 Å². The zero-order valence-electron chi connectivity index (χ0n) is 15.8. The Morgan fingerprint density at radius 2 is 1.58 bits per heavy atom. The molecule has 1 saturated heterocycles. The zero-order chi connectivity index (χ0) is 18.7. The second-order valence-electron chi connectivity index (χ2n) is 7.87. The summed E-state index contributed by atoms with van der Waals surface area (Å²) in [6.07, 6.45) is 1.60. The summed E-state index contributed by atoms with van der Waals surface area (Å²) in [5.74, 6) is 0.779. The lowest BCUT2D eigenvalue weighted by atomic mass is 10.1. The Hall–Kier alpha value is -2.37. The Morgan fingerprint density at radius 1 is 1.00 bits per heavy atom. The molecule has 2 amide bonds. The quantitative estimate of drug-likeness (QED) is 0.603. The highest BCUT2D eigenvalue weighted by molar-refractivity contribution is 6.05. The Bertz CT molecular complexity index is 682. The van der Waals surface area contributed by atoms with Crippen LogP contribution in [0.15, 0.2) is 35.3 Å². The van der Waals surface area contributed by atoms with E-state index in [-0.39, 0.29) is 17.9 Å². The number of nitrogens with zero attached hydrogens (tertiary/aromatic N) is 3. The maximum absolute atomic E-state index is 12.3. The molecular formula is C20H27N3O3. The third-order valence-electron chi connectivity index (χ3n) is 4.41. The second kappa shape index (κ2) is 7.48. The van der Waals surface area contributed by atoms with Crippen molar-refractivity contribution in [2.24, 2.45) is 10.9 Å². The van der Waals surface area contributed by atoms with Gasteiger partial charge in [-0.2, -0.15) is 4.99 Å². The molecule has 0 aromatic heterocycles. The summed E-state index contributed by atoms with van der Waals surface area (Å²) in [6.45, 7) is 7.97. The molecule has 2 fully saturated rings. The van der Waals surface area contributed by atoms with Crippen molar-refractivity contribution in [3.8, 4) is 0 Å². The molecule has 0 atom stereocenters. The molecule has 0 radical (unpaired) electrons. The van der Waals surface area contributed by atoms with Gasteiger partial charge in [0.1, 0.15) is 11.4 Å². The number of piperazine rings is 1. The van der Waals surface area contributed by atoms with Gasteiger partial charge in [-0.25, -0.2) is 4.79 Å². The van der Waals surface area contributed by atoms with Gasteiger partial charge in [-0.1, -0.05) is 30.3 Å². The Morgan fingerprint density at radius 3 is 2.12 bits per heavy atom. The summed E-state index contributed by atoms with van der Waals surface area (Å²) < 4.78 is 5.45. The maximum Gasteiger partial charge on any atom is 0.410 e. The van der Waals surface area contributed by atoms with Crippen LogP contribution < -0.4 is 0 Å². The van der Waals surface area contributed by atoms with E-state index < -0.39 is 5.60 Å². The number of hydrogen-bond acceptors (Lipinski definition) is 3. The average molecular weight is 357 g/mol. The molecule has 1 heterocycles. The van der Waals surface area contributed by atoms with Crippen LogP contribution >= 0.6 is 0 Å². The number of carbonyl (C=O) groups excluding carboxylic acids is 2. The van der Waals surface area contributed by atoms with Crippen LogP contribution in [0.3, 0.4) is 0 Å². The van der Waals surface area contributed by atoms with Crippen molar-refractivity contribution >= 4 is 17.8 Å². The van der Waals surface area contributed by atoms with E-state index in [9.17, 15) is 9.59 Å². The molecule has 1 aromatic rings. The predicted molar refractivity (Wildman–Crippen MR) is 100 cm³/mol. The molecule has 2 aliphatic rings. The molecule has 0 spiro atoms. The van der Waals surface area contributed by atoms with E-state index in [1.54, 1.807) is 4.90 Å². The molecule has 1 saturated carbocycles. The lowest BCUT2D eigenvalue weighted by molar-refractivity contribution is -0.119. The van der Waals surface area contributed by atoms with E-state index >= 15 is 0 Å². The first-order valence-corrected chi connectivity index (χ1v) is 9.24. The van der Waals surface area contributed by atoms with Gasteiger partial charge in [0.05, 0.1) is 0 Å². The van der Waals surface area contributed by atoms with Crippen LogP contribution in [-0.2, 0) is 9.53 Å². The highest BCUT2D eigenvalue weighted by Crippen LogP contribution is 2.30. The SMILES string of the molecule is CC(C)(C)OC(=O)N1CCN(/C(=N/C(=O)C2CC2)c2ccccc2)CC1. The highest BCUT2D eigenvalue weighted by atomic mass is 16.6. The third-order valence-corrected chi connectivity index (χ3v) is 4.41. The fraction of sp³-hybridized carbons (Fsp3) is 0.550. The number of hydrogen-bond donors (Lipinski definition) is 0. The number of carbonyl (C=O) groups is 2. The average Bonchev–Trinajstić information content (AvgIpc) is 3.44. The highest BCUT2D eigenvalue weighted by Gasteiger charge is 2.32. The molecule has 6 nitrogen and oxygen atoms in total. The number of amidine groups is 1. The molecule has 140 valence electrons. The molecule has 1 aliphatic carbocycles. The molecule has 26 heavy (non-hydrogen) atoms. The van der Waals surface area contributed by atoms with Crippen molar-refractivity contribution < 1.29 is 14.3 Å². The molecule has 1 aliphatic heterocycles. The van der Waals surface area contributed by atoms with Gasteiger partial charge in [0.25, 0.3) is 5.91 Å². The first-order valence-electron chi connectivity index (χ1n) is 9.24. The van der Waals surface area contributed by atoms with E-state index in [1.807, 2.05) is 51.1 Å². The van der Waals surface area contributed by atoms with Crippen LogP contribution in [0.4, 0.5) is 4.79 Å². The van der Waals surface area contributed by atoms with E-state index in [0.29, 0.717) is 32.0 Å². The number of amides is 2. The molecule has 0 bridgehead atoms. The van der Waals surface area contributed by atoms with Crippen molar-refractivity contribution in [1.82, 2.24) is 9.80 Å². The van der Waals surface area contributed by atoms with E-state index in [4.69, 9.17) is 4.74 Å². The summed E-state index contributed by atoms with van der Waals surface area (Å²) >= 11 is 0. The largest absolute Gasteiger partial charge is 0.444 e.